The zero-order chi connectivity index (χ0) is 19.6. The lowest BCUT2D eigenvalue weighted by molar-refractivity contribution is -0.122. The molecule has 1 heterocycles. The summed E-state index contributed by atoms with van der Waals surface area (Å²) in [6.07, 6.45) is -0.0651. The number of halogens is 3. The molecule has 0 bridgehead atoms. The van der Waals surface area contributed by atoms with Crippen molar-refractivity contribution in [1.29, 1.82) is 0 Å². The molecule has 1 N–H and O–H groups in total. The number of rotatable bonds is 5. The fourth-order valence-corrected chi connectivity index (χ4v) is 2.88. The van der Waals surface area contributed by atoms with Gasteiger partial charge >= 0.3 is 0 Å². The predicted molar refractivity (Wildman–Crippen MR) is 93.0 cm³/mol. The van der Waals surface area contributed by atoms with Gasteiger partial charge in [0.05, 0.1) is 18.2 Å². The molecule has 1 atom stereocenters. The van der Waals surface area contributed by atoms with Gasteiger partial charge in [-0.2, -0.15) is 0 Å². The molecule has 1 aliphatic rings. The molecule has 27 heavy (non-hydrogen) atoms. The zero-order valence-corrected chi connectivity index (χ0v) is 14.5. The van der Waals surface area contributed by atoms with E-state index in [9.17, 15) is 22.8 Å². The summed E-state index contributed by atoms with van der Waals surface area (Å²) in [6.45, 7) is 2.48. The third-order valence-electron chi connectivity index (χ3n) is 4.25. The molecule has 1 unspecified atom stereocenters. The summed E-state index contributed by atoms with van der Waals surface area (Å²) < 4.78 is 45.3. The van der Waals surface area contributed by atoms with Crippen LogP contribution in [-0.4, -0.2) is 25.0 Å². The van der Waals surface area contributed by atoms with Gasteiger partial charge in [-0.25, -0.2) is 13.2 Å². The van der Waals surface area contributed by atoms with Crippen molar-refractivity contribution in [2.45, 2.75) is 13.3 Å². The lowest BCUT2D eigenvalue weighted by Gasteiger charge is -2.17. The molecule has 2 aromatic rings. The number of benzene rings is 2. The highest BCUT2D eigenvalue weighted by molar-refractivity contribution is 6.03. The van der Waals surface area contributed by atoms with Crippen molar-refractivity contribution >= 4 is 23.2 Å². The van der Waals surface area contributed by atoms with Crippen LogP contribution in [0, 0.1) is 23.4 Å². The van der Waals surface area contributed by atoms with E-state index >= 15 is 0 Å². The second-order valence-corrected chi connectivity index (χ2v) is 6.04. The van der Waals surface area contributed by atoms with Gasteiger partial charge in [0.1, 0.15) is 5.75 Å². The van der Waals surface area contributed by atoms with Crippen LogP contribution in [-0.2, 0) is 9.59 Å². The zero-order valence-electron chi connectivity index (χ0n) is 14.5. The average Bonchev–Trinajstić information content (AvgIpc) is 3.05. The van der Waals surface area contributed by atoms with Crippen LogP contribution in [0.2, 0.25) is 0 Å². The topological polar surface area (TPSA) is 58.6 Å². The molecule has 0 radical (unpaired) electrons. The molecule has 142 valence electrons. The Hall–Kier alpha value is -3.03. The van der Waals surface area contributed by atoms with Gasteiger partial charge in [-0.15, -0.1) is 0 Å². The van der Waals surface area contributed by atoms with E-state index in [-0.39, 0.29) is 18.9 Å². The van der Waals surface area contributed by atoms with E-state index in [4.69, 9.17) is 4.74 Å². The molecule has 1 saturated heterocycles. The van der Waals surface area contributed by atoms with Gasteiger partial charge in [0.25, 0.3) is 0 Å². The predicted octanol–water partition coefficient (Wildman–Crippen LogP) is 3.49. The van der Waals surface area contributed by atoms with E-state index < -0.39 is 35.0 Å². The van der Waals surface area contributed by atoms with Crippen molar-refractivity contribution in [2.75, 3.05) is 23.4 Å². The first kappa shape index (κ1) is 18.8. The molecule has 3 rings (SSSR count). The quantitative estimate of drug-likeness (QED) is 0.811. The summed E-state index contributed by atoms with van der Waals surface area (Å²) in [5, 5.41) is 2.22. The highest BCUT2D eigenvalue weighted by atomic mass is 19.2. The first-order chi connectivity index (χ1) is 12.9. The van der Waals surface area contributed by atoms with Gasteiger partial charge in [-0.1, -0.05) is 0 Å². The summed E-state index contributed by atoms with van der Waals surface area (Å²) in [5.74, 6) is -5.45. The number of carbonyl (C=O) groups excluding carboxylic acids is 2. The number of carbonyl (C=O) groups is 2. The Balaban J connectivity index is 1.69. The first-order valence-corrected chi connectivity index (χ1v) is 8.38. The van der Waals surface area contributed by atoms with Crippen molar-refractivity contribution in [1.82, 2.24) is 0 Å². The standard InChI is InChI=1S/C19H17F3N2O3/c1-2-27-13-5-3-12(4-6-13)24-10-11(9-16(24)25)19(26)23-15-8-7-14(20)17(21)18(15)22/h3-8,11H,2,9-10H2,1H3,(H,23,26). The van der Waals surface area contributed by atoms with E-state index in [0.717, 1.165) is 12.1 Å². The maximum atomic E-state index is 13.7. The first-order valence-electron chi connectivity index (χ1n) is 8.38. The largest absolute Gasteiger partial charge is 0.494 e. The third kappa shape index (κ3) is 3.89. The summed E-state index contributed by atoms with van der Waals surface area (Å²) in [5.41, 5.74) is 0.142. The highest BCUT2D eigenvalue weighted by Gasteiger charge is 2.35. The molecule has 2 aromatic carbocycles. The minimum Gasteiger partial charge on any atom is -0.494 e. The van der Waals surface area contributed by atoms with Crippen LogP contribution in [0.25, 0.3) is 0 Å². The third-order valence-corrected chi connectivity index (χ3v) is 4.25. The van der Waals surface area contributed by atoms with Crippen molar-refractivity contribution in [3.8, 4) is 5.75 Å². The van der Waals surface area contributed by atoms with E-state index in [1.165, 1.54) is 4.90 Å². The van der Waals surface area contributed by atoms with Crippen LogP contribution >= 0.6 is 0 Å². The maximum Gasteiger partial charge on any atom is 0.229 e. The highest BCUT2D eigenvalue weighted by Crippen LogP contribution is 2.28. The normalized spacial score (nSPS) is 16.5. The molecular weight excluding hydrogens is 361 g/mol. The summed E-state index contributed by atoms with van der Waals surface area (Å²) in [7, 11) is 0. The Morgan fingerprint density at radius 1 is 1.15 bits per heavy atom. The Bertz CT molecular complexity index is 871. The summed E-state index contributed by atoms with van der Waals surface area (Å²) in [4.78, 5) is 26.0. The number of hydrogen-bond donors (Lipinski definition) is 1. The Morgan fingerprint density at radius 3 is 2.52 bits per heavy atom. The Morgan fingerprint density at radius 2 is 1.85 bits per heavy atom. The number of nitrogens with one attached hydrogen (secondary N) is 1. The molecule has 0 saturated carbocycles. The van der Waals surface area contributed by atoms with E-state index in [2.05, 4.69) is 5.32 Å². The second kappa shape index (κ2) is 7.69. The van der Waals surface area contributed by atoms with Crippen LogP contribution in [0.15, 0.2) is 36.4 Å². The minimum atomic E-state index is -1.66. The fraction of sp³-hybridized carbons (Fsp3) is 0.263. The molecule has 0 aromatic heterocycles. The fourth-order valence-electron chi connectivity index (χ4n) is 2.88. The molecule has 0 aliphatic carbocycles. The maximum absolute atomic E-state index is 13.7. The van der Waals surface area contributed by atoms with Crippen LogP contribution in [0.4, 0.5) is 24.5 Å². The van der Waals surface area contributed by atoms with Crippen LogP contribution in [0.1, 0.15) is 13.3 Å². The van der Waals surface area contributed by atoms with E-state index in [0.29, 0.717) is 18.0 Å². The van der Waals surface area contributed by atoms with Crippen molar-refractivity contribution in [3.05, 3.63) is 53.8 Å². The van der Waals surface area contributed by atoms with Crippen LogP contribution in [0.5, 0.6) is 5.75 Å². The molecule has 8 heteroatoms. The SMILES string of the molecule is CCOc1ccc(N2CC(C(=O)Nc3ccc(F)c(F)c3F)CC2=O)cc1. The van der Waals surface area contributed by atoms with E-state index in [1.54, 1.807) is 24.3 Å². The lowest BCUT2D eigenvalue weighted by Crippen LogP contribution is -2.28. The van der Waals surface area contributed by atoms with Gasteiger partial charge < -0.3 is 15.0 Å². The van der Waals surface area contributed by atoms with Crippen molar-refractivity contribution in [3.63, 3.8) is 0 Å². The summed E-state index contributed by atoms with van der Waals surface area (Å²) >= 11 is 0. The Labute approximate surface area is 153 Å². The van der Waals surface area contributed by atoms with Gasteiger partial charge in [0, 0.05) is 18.7 Å². The summed E-state index contributed by atoms with van der Waals surface area (Å²) in [6, 6.07) is 8.51. The number of ether oxygens (including phenoxy) is 1. The Kier molecular flexibility index (Phi) is 5.34. The van der Waals surface area contributed by atoms with Gasteiger partial charge in [0.15, 0.2) is 17.5 Å². The monoisotopic (exact) mass is 378 g/mol. The number of nitrogens with zero attached hydrogens (tertiary/aromatic N) is 1. The van der Waals surface area contributed by atoms with Crippen molar-refractivity contribution < 1.29 is 27.5 Å². The molecule has 0 spiro atoms. The minimum absolute atomic E-state index is 0.0651. The van der Waals surface area contributed by atoms with E-state index in [1.807, 2.05) is 6.92 Å². The van der Waals surface area contributed by atoms with Crippen LogP contribution < -0.4 is 15.0 Å². The van der Waals surface area contributed by atoms with Crippen LogP contribution in [0.3, 0.4) is 0 Å². The molecule has 2 amide bonds. The molecule has 1 aliphatic heterocycles. The van der Waals surface area contributed by atoms with Crippen molar-refractivity contribution in [2.24, 2.45) is 5.92 Å². The van der Waals surface area contributed by atoms with Gasteiger partial charge in [-0.3, -0.25) is 9.59 Å². The molecule has 5 nitrogen and oxygen atoms in total. The van der Waals surface area contributed by atoms with Gasteiger partial charge in [0.2, 0.25) is 11.8 Å². The average molecular weight is 378 g/mol. The second-order valence-electron chi connectivity index (χ2n) is 6.04. The van der Waals surface area contributed by atoms with Gasteiger partial charge in [-0.05, 0) is 43.3 Å². The lowest BCUT2D eigenvalue weighted by atomic mass is 10.1. The molecule has 1 fully saturated rings. The number of amides is 2. The number of anilines is 2. The molecular formula is C19H17F3N2O3. The smallest absolute Gasteiger partial charge is 0.229 e. The number of hydrogen-bond acceptors (Lipinski definition) is 3.